The molecule has 328 valence electrons. The number of halogens is 3. The SMILES string of the molecule is Cc1ccc(C(=O)N2CCN(CCOc3ncc(-c4ccc5cn(C67CCC(CNC(=O)c8cc(F)c(O)c(F)c8F)(CC6)CC7)nc5c4)cn3)CC2)cc1N1CCC(=O)NC1=O. The number of aromatic nitrogens is 4. The van der Waals surface area contributed by atoms with Gasteiger partial charge >= 0.3 is 12.0 Å². The number of nitrogens with zero attached hydrogens (tertiary/aromatic N) is 7. The highest BCUT2D eigenvalue weighted by Crippen LogP contribution is 2.55. The van der Waals surface area contributed by atoms with E-state index in [1.165, 1.54) is 4.90 Å². The molecule has 4 heterocycles. The minimum absolute atomic E-state index is 0.107. The molecule has 5 aliphatic rings. The Kier molecular flexibility index (Phi) is 11.0. The number of phenolic OH excluding ortho intramolecular Hbond substituents is 1. The number of benzene rings is 3. The summed E-state index contributed by atoms with van der Waals surface area (Å²) in [4.78, 5) is 64.6. The molecule has 3 N–H and O–H groups in total. The zero-order valence-electron chi connectivity index (χ0n) is 34.6. The summed E-state index contributed by atoms with van der Waals surface area (Å²) in [5.41, 5.74) is 3.33. The van der Waals surface area contributed by atoms with Crippen LogP contribution in [0, 0.1) is 29.8 Å². The number of nitrogens with one attached hydrogen (secondary N) is 2. The van der Waals surface area contributed by atoms with Gasteiger partial charge in [0.1, 0.15) is 6.61 Å². The number of ether oxygens (including phenoxy) is 1. The molecule has 2 saturated heterocycles. The van der Waals surface area contributed by atoms with Crippen LogP contribution in [0.4, 0.5) is 23.7 Å². The molecular weight excluding hydrogens is 820 g/mol. The predicted molar refractivity (Wildman–Crippen MR) is 224 cm³/mol. The summed E-state index contributed by atoms with van der Waals surface area (Å²) in [5.74, 6) is -7.56. The van der Waals surface area contributed by atoms with Crippen LogP contribution in [0.3, 0.4) is 0 Å². The monoisotopic (exact) mass is 865 g/mol. The fraction of sp³-hybridized carbons (Fsp3) is 0.400. The van der Waals surface area contributed by atoms with Crippen molar-refractivity contribution < 1.29 is 42.2 Å². The van der Waals surface area contributed by atoms with Crippen molar-refractivity contribution in [3.8, 4) is 22.9 Å². The van der Waals surface area contributed by atoms with Crippen molar-refractivity contribution in [2.24, 2.45) is 5.41 Å². The Hall–Kier alpha value is -6.56. The van der Waals surface area contributed by atoms with Crippen LogP contribution < -0.4 is 20.3 Å². The summed E-state index contributed by atoms with van der Waals surface area (Å²) >= 11 is 0. The molecule has 3 aromatic carbocycles. The van der Waals surface area contributed by atoms with Gasteiger partial charge in [-0.05, 0) is 86.3 Å². The first-order valence-corrected chi connectivity index (χ1v) is 21.1. The first-order valence-electron chi connectivity index (χ1n) is 21.1. The predicted octanol–water partition coefficient (Wildman–Crippen LogP) is 5.69. The van der Waals surface area contributed by atoms with Gasteiger partial charge in [0.25, 0.3) is 11.8 Å². The molecule has 15 nitrogen and oxygen atoms in total. The average molecular weight is 866 g/mol. The number of anilines is 1. The lowest BCUT2D eigenvalue weighted by molar-refractivity contribution is -0.120. The van der Waals surface area contributed by atoms with Gasteiger partial charge in [0.15, 0.2) is 17.4 Å². The van der Waals surface area contributed by atoms with Crippen LogP contribution in [0.25, 0.3) is 22.0 Å². The van der Waals surface area contributed by atoms with E-state index in [1.807, 2.05) is 31.2 Å². The molecule has 18 heteroatoms. The fourth-order valence-corrected chi connectivity index (χ4v) is 9.39. The number of hydrogen-bond acceptors (Lipinski definition) is 10. The van der Waals surface area contributed by atoms with E-state index >= 15 is 0 Å². The van der Waals surface area contributed by atoms with Crippen molar-refractivity contribution in [1.82, 2.24) is 40.2 Å². The minimum Gasteiger partial charge on any atom is -0.503 e. The van der Waals surface area contributed by atoms with Gasteiger partial charge in [-0.2, -0.15) is 9.49 Å². The van der Waals surface area contributed by atoms with Gasteiger partial charge in [0, 0.05) is 93.0 Å². The molecule has 2 aliphatic heterocycles. The summed E-state index contributed by atoms with van der Waals surface area (Å²) in [6.45, 7) is 5.81. The van der Waals surface area contributed by atoms with Crippen molar-refractivity contribution in [2.75, 3.05) is 57.3 Å². The van der Waals surface area contributed by atoms with E-state index in [-0.39, 0.29) is 48.3 Å². The molecule has 3 aliphatic carbocycles. The number of carbonyl (C=O) groups excluding carboxylic acids is 4. The number of imide groups is 1. The highest BCUT2D eigenvalue weighted by molar-refractivity contribution is 6.06. The maximum atomic E-state index is 14.3. The van der Waals surface area contributed by atoms with Crippen molar-refractivity contribution >= 4 is 40.3 Å². The number of rotatable bonds is 11. The quantitative estimate of drug-likeness (QED) is 0.140. The Morgan fingerprint density at radius 1 is 0.889 bits per heavy atom. The Bertz CT molecular complexity index is 2610. The normalized spacial score (nSPS) is 21.5. The zero-order valence-corrected chi connectivity index (χ0v) is 34.6. The lowest BCUT2D eigenvalue weighted by Gasteiger charge is -2.53. The summed E-state index contributed by atoms with van der Waals surface area (Å²) in [5, 5.41) is 20.4. The summed E-state index contributed by atoms with van der Waals surface area (Å²) < 4.78 is 50.0. The number of piperazine rings is 1. The summed E-state index contributed by atoms with van der Waals surface area (Å²) in [6, 6.07) is 11.7. The zero-order chi connectivity index (χ0) is 44.0. The Morgan fingerprint density at radius 3 is 2.33 bits per heavy atom. The number of fused-ring (bicyclic) bond motifs is 4. The smallest absolute Gasteiger partial charge is 0.328 e. The van der Waals surface area contributed by atoms with Gasteiger partial charge in [0.05, 0.1) is 16.6 Å². The van der Waals surface area contributed by atoms with Crippen LogP contribution in [-0.4, -0.2) is 111 Å². The van der Waals surface area contributed by atoms with Crippen LogP contribution in [-0.2, 0) is 10.3 Å². The number of urea groups is 1. The van der Waals surface area contributed by atoms with Crippen molar-refractivity contribution in [2.45, 2.75) is 57.4 Å². The maximum Gasteiger partial charge on any atom is 0.328 e. The van der Waals surface area contributed by atoms with Crippen LogP contribution in [0.1, 0.15) is 71.2 Å². The number of carbonyl (C=O) groups is 4. The van der Waals surface area contributed by atoms with Gasteiger partial charge in [-0.1, -0.05) is 18.2 Å². The molecule has 0 unspecified atom stereocenters. The third-order valence-corrected chi connectivity index (χ3v) is 13.4. The second-order valence-corrected chi connectivity index (χ2v) is 17.1. The van der Waals surface area contributed by atoms with E-state index in [0.717, 1.165) is 66.1 Å². The molecule has 63 heavy (non-hydrogen) atoms. The van der Waals surface area contributed by atoms with Crippen molar-refractivity contribution in [1.29, 1.82) is 0 Å². The van der Waals surface area contributed by atoms with E-state index in [4.69, 9.17) is 9.84 Å². The first kappa shape index (κ1) is 41.8. The molecular formula is C45H46F3N9O6. The van der Waals surface area contributed by atoms with E-state index in [2.05, 4.69) is 36.4 Å². The first-order chi connectivity index (χ1) is 30.3. The van der Waals surface area contributed by atoms with Crippen LogP contribution in [0.2, 0.25) is 0 Å². The second-order valence-electron chi connectivity index (χ2n) is 17.1. The van der Waals surface area contributed by atoms with E-state index < -0.39 is 40.7 Å². The Morgan fingerprint density at radius 2 is 1.62 bits per heavy atom. The molecule has 5 amide bonds. The average Bonchev–Trinajstić information content (AvgIpc) is 3.75. The molecule has 0 radical (unpaired) electrons. The number of amides is 5. The second kappa shape index (κ2) is 16.6. The van der Waals surface area contributed by atoms with Crippen LogP contribution in [0.15, 0.2) is 61.1 Å². The van der Waals surface area contributed by atoms with Crippen molar-refractivity contribution in [3.63, 3.8) is 0 Å². The minimum atomic E-state index is -1.79. The van der Waals surface area contributed by atoms with Gasteiger partial charge in [-0.15, -0.1) is 0 Å². The molecule has 0 atom stereocenters. The molecule has 5 aromatic rings. The molecule has 2 aromatic heterocycles. The topological polar surface area (TPSA) is 175 Å². The Balaban J connectivity index is 0.745. The molecule has 2 bridgehead atoms. The van der Waals surface area contributed by atoms with Crippen molar-refractivity contribution in [3.05, 3.63) is 95.2 Å². The van der Waals surface area contributed by atoms with Crippen LogP contribution in [0.5, 0.6) is 11.8 Å². The Labute approximate surface area is 360 Å². The number of aryl methyl sites for hydroxylation is 1. The van der Waals surface area contributed by atoms with Gasteiger partial charge in [0.2, 0.25) is 11.7 Å². The molecule has 3 saturated carbocycles. The van der Waals surface area contributed by atoms with Gasteiger partial charge in [-0.25, -0.2) is 23.5 Å². The number of hydrogen-bond donors (Lipinski definition) is 3. The van der Waals surface area contributed by atoms with Crippen LogP contribution >= 0.6 is 0 Å². The fourth-order valence-electron chi connectivity index (χ4n) is 9.39. The summed E-state index contributed by atoms with van der Waals surface area (Å²) in [6.07, 6.45) is 10.6. The third-order valence-electron chi connectivity index (χ3n) is 13.4. The van der Waals surface area contributed by atoms with E-state index in [1.54, 1.807) is 29.4 Å². The molecule has 10 rings (SSSR count). The van der Waals surface area contributed by atoms with Gasteiger partial charge in [-0.3, -0.25) is 34.2 Å². The molecule has 0 spiro atoms. The lowest BCUT2D eigenvalue weighted by atomic mass is 9.57. The number of phenols is 1. The maximum absolute atomic E-state index is 14.3. The highest BCUT2D eigenvalue weighted by Gasteiger charge is 2.50. The highest BCUT2D eigenvalue weighted by atomic mass is 19.2. The molecule has 5 fully saturated rings. The lowest BCUT2D eigenvalue weighted by Crippen LogP contribution is -2.51. The van der Waals surface area contributed by atoms with E-state index in [9.17, 15) is 37.5 Å². The largest absolute Gasteiger partial charge is 0.503 e. The standard InChI is InChI=1S/C45H46F3N9O6/c1-27-2-3-29(21-35(27)56-13-6-36(58)52-43(56)62)41(61)55-16-14-54(15-17-55)18-19-63-42-49-23-31(24-50-42)28-4-5-30-25-57(53-34(30)20-28)45-10-7-44(8-11-45,9-12-45)26-51-40(60)32-22-33(46)39(59)38(48)37(32)47/h2-5,20-25,59H,6-19,26H2,1H3,(H,51,60)(H,52,58,62). The summed E-state index contributed by atoms with van der Waals surface area (Å²) in [7, 11) is 0. The number of aromatic hydroxyl groups is 1. The third kappa shape index (κ3) is 8.14. The van der Waals surface area contributed by atoms with Gasteiger partial charge < -0.3 is 20.1 Å². The van der Waals surface area contributed by atoms with E-state index in [0.29, 0.717) is 56.6 Å².